The summed E-state index contributed by atoms with van der Waals surface area (Å²) in [5.41, 5.74) is 0.0805. The molecule has 3 N–H and O–H groups in total. The Bertz CT molecular complexity index is 499. The molecular formula is C12H18N4O3. The standard InChI is InChI=1S/C12H18N4O3/c1-3-12(2)11(19)13-4-5-16(12)7-8-6-14-15-9(8)10(17)18/h6H,3-5,7H2,1-2H3,(H,13,19)(H,14,15)(H,17,18)/t12-/m0/s1. The number of piperazine rings is 1. The molecule has 7 heteroatoms. The highest BCUT2D eigenvalue weighted by atomic mass is 16.4. The Hall–Kier alpha value is -1.89. The molecule has 7 nitrogen and oxygen atoms in total. The first-order chi connectivity index (χ1) is 8.99. The van der Waals surface area contributed by atoms with Gasteiger partial charge in [-0.2, -0.15) is 5.10 Å². The number of carboxylic acid groups (broad SMARTS) is 1. The van der Waals surface area contributed by atoms with Crippen LogP contribution < -0.4 is 5.32 Å². The summed E-state index contributed by atoms with van der Waals surface area (Å²) in [6, 6.07) is 0. The summed E-state index contributed by atoms with van der Waals surface area (Å²) in [6.45, 7) is 5.50. The Balaban J connectivity index is 2.23. The first-order valence-corrected chi connectivity index (χ1v) is 6.28. The number of rotatable bonds is 4. The molecule has 2 rings (SSSR count). The van der Waals surface area contributed by atoms with Crippen molar-refractivity contribution in [2.75, 3.05) is 13.1 Å². The summed E-state index contributed by atoms with van der Waals surface area (Å²) in [6.07, 6.45) is 2.17. The van der Waals surface area contributed by atoms with Gasteiger partial charge in [-0.25, -0.2) is 4.79 Å². The molecule has 0 radical (unpaired) electrons. The van der Waals surface area contributed by atoms with Gasteiger partial charge in [-0.3, -0.25) is 14.8 Å². The van der Waals surface area contributed by atoms with Crippen molar-refractivity contribution in [2.24, 2.45) is 0 Å². The maximum Gasteiger partial charge on any atom is 0.354 e. The van der Waals surface area contributed by atoms with E-state index in [1.165, 1.54) is 6.20 Å². The number of nitrogens with zero attached hydrogens (tertiary/aromatic N) is 2. The van der Waals surface area contributed by atoms with Crippen LogP contribution in [0.3, 0.4) is 0 Å². The van der Waals surface area contributed by atoms with E-state index in [0.29, 0.717) is 31.6 Å². The molecule has 2 heterocycles. The van der Waals surface area contributed by atoms with Gasteiger partial charge in [0.2, 0.25) is 5.91 Å². The fourth-order valence-electron chi connectivity index (χ4n) is 2.34. The van der Waals surface area contributed by atoms with Gasteiger partial charge in [0.1, 0.15) is 5.69 Å². The third kappa shape index (κ3) is 2.33. The van der Waals surface area contributed by atoms with Gasteiger partial charge < -0.3 is 10.4 Å². The van der Waals surface area contributed by atoms with Gasteiger partial charge in [0.25, 0.3) is 0 Å². The van der Waals surface area contributed by atoms with Crippen molar-refractivity contribution in [3.05, 3.63) is 17.5 Å². The SMILES string of the molecule is CC[C@@]1(C)C(=O)NCCN1Cc1cn[nH]c1C(=O)O. The van der Waals surface area contributed by atoms with E-state index < -0.39 is 11.5 Å². The second kappa shape index (κ2) is 5.00. The van der Waals surface area contributed by atoms with Crippen molar-refractivity contribution in [3.8, 4) is 0 Å². The average Bonchev–Trinajstić information content (AvgIpc) is 2.83. The monoisotopic (exact) mass is 266 g/mol. The normalized spacial score (nSPS) is 24.2. The molecule has 1 amide bonds. The first kappa shape index (κ1) is 13.5. The van der Waals surface area contributed by atoms with Crippen molar-refractivity contribution in [1.82, 2.24) is 20.4 Å². The number of H-pyrrole nitrogens is 1. The lowest BCUT2D eigenvalue weighted by atomic mass is 9.92. The van der Waals surface area contributed by atoms with Crippen LogP contribution in [0.25, 0.3) is 0 Å². The predicted octanol–water partition coefficient (Wildman–Crippen LogP) is 0.208. The van der Waals surface area contributed by atoms with Crippen molar-refractivity contribution in [1.29, 1.82) is 0 Å². The second-order valence-electron chi connectivity index (χ2n) is 4.88. The molecule has 1 aliphatic heterocycles. The van der Waals surface area contributed by atoms with Crippen LogP contribution in [-0.4, -0.2) is 50.7 Å². The van der Waals surface area contributed by atoms with Crippen LogP contribution in [0.1, 0.15) is 36.3 Å². The van der Waals surface area contributed by atoms with Gasteiger partial charge in [-0.15, -0.1) is 0 Å². The van der Waals surface area contributed by atoms with Gasteiger partial charge in [0, 0.05) is 25.2 Å². The highest BCUT2D eigenvalue weighted by Gasteiger charge is 2.40. The molecule has 1 atom stereocenters. The minimum atomic E-state index is -1.04. The fraction of sp³-hybridized carbons (Fsp3) is 0.583. The minimum absolute atomic E-state index is 0.0124. The van der Waals surface area contributed by atoms with E-state index in [1.807, 2.05) is 18.7 Å². The number of hydrogen-bond acceptors (Lipinski definition) is 4. The molecule has 0 aromatic carbocycles. The lowest BCUT2D eigenvalue weighted by Gasteiger charge is -2.43. The quantitative estimate of drug-likeness (QED) is 0.723. The summed E-state index contributed by atoms with van der Waals surface area (Å²) in [7, 11) is 0. The smallest absolute Gasteiger partial charge is 0.354 e. The lowest BCUT2D eigenvalue weighted by Crippen LogP contribution is -2.62. The maximum atomic E-state index is 12.0. The van der Waals surface area contributed by atoms with E-state index in [0.717, 1.165) is 0 Å². The topological polar surface area (TPSA) is 98.3 Å². The van der Waals surface area contributed by atoms with Crippen molar-refractivity contribution >= 4 is 11.9 Å². The van der Waals surface area contributed by atoms with E-state index in [2.05, 4.69) is 15.5 Å². The Morgan fingerprint density at radius 3 is 3.00 bits per heavy atom. The van der Waals surface area contributed by atoms with E-state index in [1.54, 1.807) is 0 Å². The third-order valence-corrected chi connectivity index (χ3v) is 3.84. The number of aromatic carboxylic acids is 1. The number of aromatic nitrogens is 2. The number of carboxylic acids is 1. The Morgan fingerprint density at radius 2 is 2.37 bits per heavy atom. The van der Waals surface area contributed by atoms with E-state index in [9.17, 15) is 9.59 Å². The number of carbonyl (C=O) groups excluding carboxylic acids is 1. The zero-order valence-corrected chi connectivity index (χ0v) is 11.1. The molecule has 1 aromatic heterocycles. The minimum Gasteiger partial charge on any atom is -0.477 e. The van der Waals surface area contributed by atoms with Crippen LogP contribution in [0.4, 0.5) is 0 Å². The largest absolute Gasteiger partial charge is 0.477 e. The Kier molecular flexibility index (Phi) is 3.57. The molecule has 1 aliphatic rings. The van der Waals surface area contributed by atoms with Gasteiger partial charge >= 0.3 is 5.97 Å². The van der Waals surface area contributed by atoms with Crippen LogP contribution >= 0.6 is 0 Å². The highest BCUT2D eigenvalue weighted by Crippen LogP contribution is 2.25. The molecule has 104 valence electrons. The van der Waals surface area contributed by atoms with E-state index in [-0.39, 0.29) is 11.6 Å². The molecular weight excluding hydrogens is 248 g/mol. The zero-order valence-electron chi connectivity index (χ0n) is 11.1. The number of carbonyl (C=O) groups is 2. The van der Waals surface area contributed by atoms with E-state index >= 15 is 0 Å². The van der Waals surface area contributed by atoms with Crippen molar-refractivity contribution < 1.29 is 14.7 Å². The zero-order chi connectivity index (χ0) is 14.0. The van der Waals surface area contributed by atoms with E-state index in [4.69, 9.17) is 5.11 Å². The number of nitrogens with one attached hydrogen (secondary N) is 2. The summed E-state index contributed by atoms with van der Waals surface area (Å²) >= 11 is 0. The molecule has 1 fully saturated rings. The van der Waals surface area contributed by atoms with Crippen LogP contribution in [0.15, 0.2) is 6.20 Å². The van der Waals surface area contributed by atoms with Crippen LogP contribution in [0.2, 0.25) is 0 Å². The molecule has 0 bridgehead atoms. The summed E-state index contributed by atoms with van der Waals surface area (Å²) in [4.78, 5) is 25.1. The highest BCUT2D eigenvalue weighted by molar-refractivity contribution is 5.87. The van der Waals surface area contributed by atoms with Gasteiger partial charge in [0.05, 0.1) is 11.7 Å². The summed E-state index contributed by atoms with van der Waals surface area (Å²) < 4.78 is 0. The third-order valence-electron chi connectivity index (χ3n) is 3.84. The number of hydrogen-bond donors (Lipinski definition) is 3. The first-order valence-electron chi connectivity index (χ1n) is 6.28. The number of aromatic amines is 1. The number of amides is 1. The molecule has 0 aliphatic carbocycles. The molecule has 0 unspecified atom stereocenters. The summed E-state index contributed by atoms with van der Waals surface area (Å²) in [5.74, 6) is -1.05. The van der Waals surface area contributed by atoms with Crippen LogP contribution in [-0.2, 0) is 11.3 Å². The molecule has 1 aromatic rings. The fourth-order valence-corrected chi connectivity index (χ4v) is 2.34. The Labute approximate surface area is 111 Å². The summed E-state index contributed by atoms with van der Waals surface area (Å²) in [5, 5.41) is 18.1. The second-order valence-corrected chi connectivity index (χ2v) is 4.88. The van der Waals surface area contributed by atoms with Crippen LogP contribution in [0, 0.1) is 0 Å². The molecule has 0 spiro atoms. The van der Waals surface area contributed by atoms with Gasteiger partial charge in [0.15, 0.2) is 0 Å². The van der Waals surface area contributed by atoms with Crippen molar-refractivity contribution in [2.45, 2.75) is 32.4 Å². The maximum absolute atomic E-state index is 12.0. The lowest BCUT2D eigenvalue weighted by molar-refractivity contribution is -0.137. The van der Waals surface area contributed by atoms with Crippen molar-refractivity contribution in [3.63, 3.8) is 0 Å². The van der Waals surface area contributed by atoms with Crippen LogP contribution in [0.5, 0.6) is 0 Å². The van der Waals surface area contributed by atoms with Gasteiger partial charge in [-0.05, 0) is 13.3 Å². The van der Waals surface area contributed by atoms with Gasteiger partial charge in [-0.1, -0.05) is 6.92 Å². The molecule has 19 heavy (non-hydrogen) atoms. The molecule has 1 saturated heterocycles. The average molecular weight is 266 g/mol. The molecule has 0 saturated carbocycles. The Morgan fingerprint density at radius 1 is 1.63 bits per heavy atom. The predicted molar refractivity (Wildman–Crippen MR) is 67.7 cm³/mol.